The maximum absolute atomic E-state index is 13.2. The first-order chi connectivity index (χ1) is 16.4. The van der Waals surface area contributed by atoms with Gasteiger partial charge in [0.25, 0.3) is 5.56 Å². The molecule has 0 radical (unpaired) electrons. The number of fused-ring (bicyclic) bond motifs is 6. The third kappa shape index (κ3) is 3.82. The average Bonchev–Trinajstić information content (AvgIpc) is 3.10. The molecule has 4 heterocycles. The Morgan fingerprint density at radius 2 is 2.06 bits per heavy atom. The van der Waals surface area contributed by atoms with Gasteiger partial charge in [-0.25, -0.2) is 19.3 Å². The molecule has 0 spiro atoms. The Morgan fingerprint density at radius 3 is 2.88 bits per heavy atom. The molecule has 1 aliphatic rings. The molecule has 0 unspecified atom stereocenters. The molecule has 0 aliphatic carbocycles. The van der Waals surface area contributed by atoms with Crippen molar-refractivity contribution in [2.45, 2.75) is 38.5 Å². The number of rotatable bonds is 3. The lowest BCUT2D eigenvalue weighted by atomic mass is 9.95. The van der Waals surface area contributed by atoms with Gasteiger partial charge in [0.2, 0.25) is 5.95 Å². The SMILES string of the molecule is C[C@@]1(O)CC/C=C\Cn2c(=O)c3cnc(Nc4ccc(N)c(CO)c4)nc3n2-c2cccc1n2. The van der Waals surface area contributed by atoms with Gasteiger partial charge < -0.3 is 21.3 Å². The van der Waals surface area contributed by atoms with Crippen molar-refractivity contribution in [1.82, 2.24) is 24.3 Å². The lowest BCUT2D eigenvalue weighted by molar-refractivity contribution is 0.0443. The van der Waals surface area contributed by atoms with Gasteiger partial charge in [0.05, 0.1) is 18.8 Å². The topological polar surface area (TPSA) is 144 Å². The van der Waals surface area contributed by atoms with Crippen LogP contribution < -0.4 is 16.6 Å². The quantitative estimate of drug-likeness (QED) is 0.270. The highest BCUT2D eigenvalue weighted by Crippen LogP contribution is 2.27. The van der Waals surface area contributed by atoms with Crippen LogP contribution in [0.4, 0.5) is 17.3 Å². The predicted octanol–water partition coefficient (Wildman–Crippen LogP) is 2.35. The molecule has 2 bridgehead atoms. The highest BCUT2D eigenvalue weighted by atomic mass is 16.3. The van der Waals surface area contributed by atoms with E-state index in [1.807, 2.05) is 18.2 Å². The van der Waals surface area contributed by atoms with Crippen LogP contribution in [0.1, 0.15) is 31.0 Å². The minimum Gasteiger partial charge on any atom is -0.398 e. The first-order valence-electron chi connectivity index (χ1n) is 11.0. The third-order valence-electron chi connectivity index (χ3n) is 5.99. The van der Waals surface area contributed by atoms with E-state index in [2.05, 4.69) is 20.3 Å². The number of nitrogens with one attached hydrogen (secondary N) is 1. The zero-order chi connectivity index (χ0) is 23.9. The number of aromatic nitrogens is 5. The van der Waals surface area contributed by atoms with Crippen molar-refractivity contribution in [1.29, 1.82) is 0 Å². The number of aliphatic hydroxyl groups excluding tert-OH is 1. The second kappa shape index (κ2) is 8.40. The van der Waals surface area contributed by atoms with Crippen molar-refractivity contribution in [3.8, 4) is 5.82 Å². The third-order valence-corrected chi connectivity index (χ3v) is 5.99. The number of nitrogen functional groups attached to an aromatic ring is 1. The molecule has 4 aromatic rings. The minimum atomic E-state index is -1.11. The predicted molar refractivity (Wildman–Crippen MR) is 129 cm³/mol. The molecular weight excluding hydrogens is 434 g/mol. The highest BCUT2D eigenvalue weighted by Gasteiger charge is 2.26. The van der Waals surface area contributed by atoms with Crippen molar-refractivity contribution in [2.75, 3.05) is 11.1 Å². The van der Waals surface area contributed by atoms with E-state index < -0.39 is 5.60 Å². The van der Waals surface area contributed by atoms with E-state index >= 15 is 0 Å². The van der Waals surface area contributed by atoms with Gasteiger partial charge in [0, 0.05) is 23.1 Å². The maximum atomic E-state index is 13.2. The van der Waals surface area contributed by atoms with Crippen LogP contribution in [0.15, 0.2) is 59.5 Å². The molecule has 5 rings (SSSR count). The molecule has 10 heteroatoms. The minimum absolute atomic E-state index is 0.192. The van der Waals surface area contributed by atoms with Crippen LogP contribution in [0.2, 0.25) is 0 Å². The summed E-state index contributed by atoms with van der Waals surface area (Å²) >= 11 is 0. The lowest BCUT2D eigenvalue weighted by Gasteiger charge is -2.22. The van der Waals surface area contributed by atoms with E-state index in [-0.39, 0.29) is 18.1 Å². The molecular formula is C24H25N7O3. The molecule has 174 valence electrons. The van der Waals surface area contributed by atoms with E-state index in [1.54, 1.807) is 46.6 Å². The molecule has 0 saturated heterocycles. The van der Waals surface area contributed by atoms with Crippen LogP contribution in [0, 0.1) is 0 Å². The number of benzene rings is 1. The number of nitrogens with zero attached hydrogens (tertiary/aromatic N) is 5. The van der Waals surface area contributed by atoms with Gasteiger partial charge in [0.1, 0.15) is 11.0 Å². The summed E-state index contributed by atoms with van der Waals surface area (Å²) in [6.07, 6.45) is 6.50. The van der Waals surface area contributed by atoms with Gasteiger partial charge in [-0.15, -0.1) is 0 Å². The standard InChI is InChI=1S/C24H25N7O3/c1-24(34)10-3-2-4-11-30-22(33)17-13-26-23(27-16-8-9-18(25)15(12-16)14-32)29-21(17)31(30)20-7-5-6-19(24)28-20/h2,4-9,12-13,32,34H,3,10-11,14,25H2,1H3,(H,26,27,29)/b4-2-/t24-/m1/s1. The normalized spacial score (nSPS) is 18.8. The van der Waals surface area contributed by atoms with Crippen molar-refractivity contribution < 1.29 is 10.2 Å². The summed E-state index contributed by atoms with van der Waals surface area (Å²) in [5, 5.41) is 23.9. The summed E-state index contributed by atoms with van der Waals surface area (Å²) in [5.74, 6) is 0.745. The van der Waals surface area contributed by atoms with Crippen molar-refractivity contribution in [3.05, 3.63) is 76.4 Å². The maximum Gasteiger partial charge on any atom is 0.278 e. The molecule has 0 amide bonds. The Labute approximate surface area is 195 Å². The lowest BCUT2D eigenvalue weighted by Crippen LogP contribution is -2.24. The summed E-state index contributed by atoms with van der Waals surface area (Å²) in [6, 6.07) is 10.5. The summed E-state index contributed by atoms with van der Waals surface area (Å²) in [5.41, 5.74) is 7.15. The van der Waals surface area contributed by atoms with Crippen molar-refractivity contribution in [2.24, 2.45) is 0 Å². The van der Waals surface area contributed by atoms with E-state index in [9.17, 15) is 15.0 Å². The Balaban J connectivity index is 1.67. The zero-order valence-electron chi connectivity index (χ0n) is 18.6. The molecule has 3 aromatic heterocycles. The number of aliphatic hydroxyl groups is 2. The fourth-order valence-electron chi connectivity index (χ4n) is 4.06. The molecule has 1 aliphatic heterocycles. The monoisotopic (exact) mass is 459 g/mol. The first-order valence-corrected chi connectivity index (χ1v) is 11.0. The Hall–Kier alpha value is -4.02. The first kappa shape index (κ1) is 21.8. The fraction of sp³-hybridized carbons (Fsp3) is 0.250. The van der Waals surface area contributed by atoms with Gasteiger partial charge in [0.15, 0.2) is 11.5 Å². The number of hydrogen-bond donors (Lipinski definition) is 4. The van der Waals surface area contributed by atoms with Crippen LogP contribution in [-0.2, 0) is 18.8 Å². The Bertz CT molecular complexity index is 1470. The number of allylic oxidation sites excluding steroid dienone is 2. The zero-order valence-corrected chi connectivity index (χ0v) is 18.6. The van der Waals surface area contributed by atoms with Crippen LogP contribution in [0.5, 0.6) is 0 Å². The van der Waals surface area contributed by atoms with Crippen LogP contribution >= 0.6 is 0 Å². The van der Waals surface area contributed by atoms with Gasteiger partial charge in [-0.05, 0) is 50.1 Å². The number of pyridine rings is 1. The molecule has 1 aromatic carbocycles. The van der Waals surface area contributed by atoms with E-state index in [0.717, 1.165) is 0 Å². The molecule has 0 saturated carbocycles. The summed E-state index contributed by atoms with van der Waals surface area (Å²) in [4.78, 5) is 26.8. The largest absolute Gasteiger partial charge is 0.398 e. The number of anilines is 3. The Kier molecular flexibility index (Phi) is 5.39. The fourth-order valence-corrected chi connectivity index (χ4v) is 4.06. The van der Waals surface area contributed by atoms with Gasteiger partial charge >= 0.3 is 0 Å². The second-order valence-electron chi connectivity index (χ2n) is 8.49. The smallest absolute Gasteiger partial charge is 0.278 e. The number of nitrogens with two attached hydrogens (primary N) is 1. The van der Waals surface area contributed by atoms with Crippen LogP contribution in [-0.4, -0.2) is 34.5 Å². The summed E-state index contributed by atoms with van der Waals surface area (Å²) in [7, 11) is 0. The molecule has 10 nitrogen and oxygen atoms in total. The van der Waals surface area contributed by atoms with Gasteiger partial charge in [-0.2, -0.15) is 4.98 Å². The highest BCUT2D eigenvalue weighted by molar-refractivity contribution is 5.77. The van der Waals surface area contributed by atoms with Crippen molar-refractivity contribution >= 4 is 28.4 Å². The number of hydrogen-bond acceptors (Lipinski definition) is 8. The van der Waals surface area contributed by atoms with Crippen LogP contribution in [0.25, 0.3) is 16.9 Å². The molecule has 34 heavy (non-hydrogen) atoms. The van der Waals surface area contributed by atoms with Crippen LogP contribution in [0.3, 0.4) is 0 Å². The summed E-state index contributed by atoms with van der Waals surface area (Å²) < 4.78 is 3.21. The summed E-state index contributed by atoms with van der Waals surface area (Å²) in [6.45, 7) is 1.87. The average molecular weight is 460 g/mol. The van der Waals surface area contributed by atoms with E-state index in [0.29, 0.717) is 58.9 Å². The molecule has 1 atom stereocenters. The van der Waals surface area contributed by atoms with E-state index in [1.165, 1.54) is 6.20 Å². The molecule has 5 N–H and O–H groups in total. The Morgan fingerprint density at radius 1 is 1.21 bits per heavy atom. The molecule has 0 fully saturated rings. The second-order valence-corrected chi connectivity index (χ2v) is 8.49. The van der Waals surface area contributed by atoms with Crippen molar-refractivity contribution in [3.63, 3.8) is 0 Å². The van der Waals surface area contributed by atoms with Gasteiger partial charge in [-0.1, -0.05) is 18.2 Å². The van der Waals surface area contributed by atoms with Gasteiger partial charge in [-0.3, -0.25) is 4.79 Å². The van der Waals surface area contributed by atoms with E-state index in [4.69, 9.17) is 5.73 Å².